The molecule has 0 heterocycles. The minimum Gasteiger partial charge on any atom is -0.493 e. The van der Waals surface area contributed by atoms with E-state index in [4.69, 9.17) is 24.7 Å². The van der Waals surface area contributed by atoms with E-state index in [0.29, 0.717) is 41.0 Å². The maximum absolute atomic E-state index is 5.88. The molecule has 2 rings (SSSR count). The summed E-state index contributed by atoms with van der Waals surface area (Å²) in [7, 11) is 3.16. The number of nitrogen functional groups attached to an aromatic ring is 1. The Balaban J connectivity index is 2.36. The van der Waals surface area contributed by atoms with Gasteiger partial charge in [0.15, 0.2) is 11.5 Å². The van der Waals surface area contributed by atoms with E-state index in [1.807, 2.05) is 13.0 Å². The van der Waals surface area contributed by atoms with E-state index in [1.165, 1.54) is 0 Å². The molecule has 0 unspecified atom stereocenters. The number of para-hydroxylation sites is 1. The van der Waals surface area contributed by atoms with Crippen molar-refractivity contribution in [3.63, 3.8) is 0 Å². The van der Waals surface area contributed by atoms with Crippen LogP contribution < -0.4 is 24.7 Å². The molecule has 0 atom stereocenters. The first-order valence-corrected chi connectivity index (χ1v) is 6.60. The van der Waals surface area contributed by atoms with Gasteiger partial charge in [-0.15, -0.1) is 0 Å². The number of methoxy groups -OCH3 is 2. The first-order valence-electron chi connectivity index (χ1n) is 6.60. The minimum atomic E-state index is 0.509. The molecule has 2 N–H and O–H groups in total. The number of ether oxygens (including phenoxy) is 4. The van der Waals surface area contributed by atoms with Crippen molar-refractivity contribution in [1.82, 2.24) is 0 Å². The van der Waals surface area contributed by atoms with E-state index in [9.17, 15) is 0 Å². The Morgan fingerprint density at radius 2 is 1.62 bits per heavy atom. The Bertz CT molecular complexity index is 591. The van der Waals surface area contributed by atoms with Crippen molar-refractivity contribution in [2.24, 2.45) is 0 Å². The SMILES string of the molecule is CCOc1cc(Oc2c(OC)cccc2OC)ccc1N. The van der Waals surface area contributed by atoms with E-state index in [-0.39, 0.29) is 0 Å². The lowest BCUT2D eigenvalue weighted by atomic mass is 10.2. The highest BCUT2D eigenvalue weighted by atomic mass is 16.5. The van der Waals surface area contributed by atoms with Crippen LogP contribution in [0.5, 0.6) is 28.7 Å². The molecule has 0 fully saturated rings. The number of benzene rings is 2. The van der Waals surface area contributed by atoms with Crippen LogP contribution in [0.2, 0.25) is 0 Å². The summed E-state index contributed by atoms with van der Waals surface area (Å²) in [6, 6.07) is 10.7. The second kappa shape index (κ2) is 6.74. The lowest BCUT2D eigenvalue weighted by molar-refractivity contribution is 0.334. The van der Waals surface area contributed by atoms with Crippen LogP contribution in [0.15, 0.2) is 36.4 Å². The smallest absolute Gasteiger partial charge is 0.210 e. The molecule has 0 aromatic heterocycles. The largest absolute Gasteiger partial charge is 0.493 e. The molecule has 2 aromatic carbocycles. The average Bonchev–Trinajstić information content (AvgIpc) is 2.51. The Morgan fingerprint density at radius 3 is 2.19 bits per heavy atom. The number of rotatable bonds is 6. The average molecular weight is 289 g/mol. The molecule has 0 aliphatic heterocycles. The fraction of sp³-hybridized carbons (Fsp3) is 0.250. The van der Waals surface area contributed by atoms with Gasteiger partial charge in [-0.25, -0.2) is 0 Å². The van der Waals surface area contributed by atoms with E-state index < -0.39 is 0 Å². The Labute approximate surface area is 124 Å². The molecule has 5 nitrogen and oxygen atoms in total. The fourth-order valence-corrected chi connectivity index (χ4v) is 1.89. The second-order valence-electron chi connectivity index (χ2n) is 4.23. The molecule has 0 spiro atoms. The molecular weight excluding hydrogens is 270 g/mol. The lowest BCUT2D eigenvalue weighted by Crippen LogP contribution is -1.98. The van der Waals surface area contributed by atoms with E-state index in [1.54, 1.807) is 44.6 Å². The van der Waals surface area contributed by atoms with Gasteiger partial charge >= 0.3 is 0 Å². The third kappa shape index (κ3) is 3.31. The number of hydrogen-bond acceptors (Lipinski definition) is 5. The third-order valence-corrected chi connectivity index (χ3v) is 2.89. The molecule has 0 aliphatic rings. The van der Waals surface area contributed by atoms with Crippen molar-refractivity contribution in [2.75, 3.05) is 26.6 Å². The topological polar surface area (TPSA) is 62.9 Å². The van der Waals surface area contributed by atoms with E-state index in [2.05, 4.69) is 0 Å². The normalized spacial score (nSPS) is 10.0. The molecule has 5 heteroatoms. The molecule has 21 heavy (non-hydrogen) atoms. The highest BCUT2D eigenvalue weighted by molar-refractivity contribution is 5.58. The zero-order valence-electron chi connectivity index (χ0n) is 12.4. The second-order valence-corrected chi connectivity index (χ2v) is 4.23. The predicted octanol–water partition coefficient (Wildman–Crippen LogP) is 3.48. The summed E-state index contributed by atoms with van der Waals surface area (Å²) in [4.78, 5) is 0. The van der Waals surface area contributed by atoms with Gasteiger partial charge in [-0.05, 0) is 31.2 Å². The number of nitrogens with two attached hydrogens (primary N) is 1. The maximum atomic E-state index is 5.88. The molecule has 0 bridgehead atoms. The van der Waals surface area contributed by atoms with Gasteiger partial charge < -0.3 is 24.7 Å². The third-order valence-electron chi connectivity index (χ3n) is 2.89. The summed E-state index contributed by atoms with van der Waals surface area (Å²) in [6.45, 7) is 2.43. The van der Waals surface area contributed by atoms with Gasteiger partial charge in [0.25, 0.3) is 0 Å². The van der Waals surface area contributed by atoms with Crippen LogP contribution >= 0.6 is 0 Å². The van der Waals surface area contributed by atoms with Gasteiger partial charge in [0.2, 0.25) is 5.75 Å². The van der Waals surface area contributed by atoms with Crippen molar-refractivity contribution in [3.8, 4) is 28.7 Å². The van der Waals surface area contributed by atoms with E-state index >= 15 is 0 Å². The van der Waals surface area contributed by atoms with Crippen molar-refractivity contribution in [1.29, 1.82) is 0 Å². The van der Waals surface area contributed by atoms with Gasteiger partial charge in [-0.1, -0.05) is 6.07 Å². The van der Waals surface area contributed by atoms with Crippen LogP contribution in [-0.4, -0.2) is 20.8 Å². The molecule has 0 amide bonds. The van der Waals surface area contributed by atoms with Crippen molar-refractivity contribution in [2.45, 2.75) is 6.92 Å². The quantitative estimate of drug-likeness (QED) is 0.825. The first kappa shape index (κ1) is 14.8. The summed E-state index contributed by atoms with van der Waals surface area (Å²) >= 11 is 0. The summed E-state index contributed by atoms with van der Waals surface area (Å²) in [5, 5.41) is 0. The molecular formula is C16H19NO4. The first-order chi connectivity index (χ1) is 10.2. The minimum absolute atomic E-state index is 0.509. The van der Waals surface area contributed by atoms with E-state index in [0.717, 1.165) is 0 Å². The van der Waals surface area contributed by atoms with Crippen molar-refractivity contribution < 1.29 is 18.9 Å². The van der Waals surface area contributed by atoms with Crippen LogP contribution in [0.25, 0.3) is 0 Å². The molecule has 0 saturated carbocycles. The van der Waals surface area contributed by atoms with Gasteiger partial charge in [0, 0.05) is 6.07 Å². The molecule has 0 radical (unpaired) electrons. The molecule has 0 aliphatic carbocycles. The van der Waals surface area contributed by atoms with Crippen molar-refractivity contribution in [3.05, 3.63) is 36.4 Å². The highest BCUT2D eigenvalue weighted by Gasteiger charge is 2.13. The zero-order chi connectivity index (χ0) is 15.2. The van der Waals surface area contributed by atoms with Gasteiger partial charge in [0.1, 0.15) is 11.5 Å². The fourth-order valence-electron chi connectivity index (χ4n) is 1.89. The molecule has 2 aromatic rings. The lowest BCUT2D eigenvalue weighted by Gasteiger charge is -2.15. The van der Waals surface area contributed by atoms with Crippen LogP contribution in [0, 0.1) is 0 Å². The summed E-state index contributed by atoms with van der Waals surface area (Å²) < 4.78 is 21.9. The zero-order valence-corrected chi connectivity index (χ0v) is 12.4. The van der Waals surface area contributed by atoms with Gasteiger partial charge in [-0.2, -0.15) is 0 Å². The standard InChI is InChI=1S/C16H19NO4/c1-4-20-15-10-11(8-9-12(15)17)21-16-13(18-2)6-5-7-14(16)19-3/h5-10H,4,17H2,1-3H3. The summed E-state index contributed by atoms with van der Waals surface area (Å²) in [5.41, 5.74) is 6.42. The summed E-state index contributed by atoms with van der Waals surface area (Å²) in [6.07, 6.45) is 0. The number of anilines is 1. The van der Waals surface area contributed by atoms with Gasteiger partial charge in [0.05, 0.1) is 26.5 Å². The van der Waals surface area contributed by atoms with Gasteiger partial charge in [-0.3, -0.25) is 0 Å². The maximum Gasteiger partial charge on any atom is 0.210 e. The van der Waals surface area contributed by atoms with Crippen LogP contribution in [0.4, 0.5) is 5.69 Å². The Kier molecular flexibility index (Phi) is 4.77. The van der Waals surface area contributed by atoms with Crippen LogP contribution in [0.3, 0.4) is 0 Å². The molecule has 0 saturated heterocycles. The summed E-state index contributed by atoms with van der Waals surface area (Å²) in [5.74, 6) is 2.86. The van der Waals surface area contributed by atoms with Crippen LogP contribution in [0.1, 0.15) is 6.92 Å². The highest BCUT2D eigenvalue weighted by Crippen LogP contribution is 2.41. The predicted molar refractivity (Wildman–Crippen MR) is 81.6 cm³/mol. The van der Waals surface area contributed by atoms with Crippen LogP contribution in [-0.2, 0) is 0 Å². The monoisotopic (exact) mass is 289 g/mol. The van der Waals surface area contributed by atoms with Crippen molar-refractivity contribution >= 4 is 5.69 Å². The number of hydrogen-bond donors (Lipinski definition) is 1. The Hall–Kier alpha value is -2.56. The Morgan fingerprint density at radius 1 is 0.952 bits per heavy atom. The molecule has 112 valence electrons.